The maximum atomic E-state index is 12.7. The van der Waals surface area contributed by atoms with E-state index in [0.29, 0.717) is 26.0 Å². The summed E-state index contributed by atoms with van der Waals surface area (Å²) in [5.74, 6) is -0.0963. The lowest BCUT2D eigenvalue weighted by atomic mass is 9.90. The number of benzene rings is 1. The number of hydrogen-bond donors (Lipinski definition) is 1. The molecule has 27 heavy (non-hydrogen) atoms. The van der Waals surface area contributed by atoms with Crippen molar-refractivity contribution in [1.29, 1.82) is 0 Å². The molecule has 5 nitrogen and oxygen atoms in total. The van der Waals surface area contributed by atoms with Crippen molar-refractivity contribution in [3.05, 3.63) is 47.3 Å². The van der Waals surface area contributed by atoms with Crippen molar-refractivity contribution < 1.29 is 14.3 Å². The Kier molecular flexibility index (Phi) is 6.29. The van der Waals surface area contributed by atoms with Gasteiger partial charge in [-0.3, -0.25) is 9.59 Å². The van der Waals surface area contributed by atoms with E-state index < -0.39 is 5.60 Å². The van der Waals surface area contributed by atoms with Gasteiger partial charge in [-0.1, -0.05) is 37.3 Å². The minimum absolute atomic E-state index is 0.0853. The van der Waals surface area contributed by atoms with Gasteiger partial charge in [0.15, 0.2) is 5.60 Å². The molecule has 0 aliphatic carbocycles. The highest BCUT2D eigenvalue weighted by atomic mass is 32.1. The summed E-state index contributed by atoms with van der Waals surface area (Å²) in [7, 11) is 1.61. The topological polar surface area (TPSA) is 58.6 Å². The fourth-order valence-electron chi connectivity index (χ4n) is 3.48. The van der Waals surface area contributed by atoms with Crippen LogP contribution in [-0.4, -0.2) is 49.1 Å². The molecule has 1 fully saturated rings. The van der Waals surface area contributed by atoms with Gasteiger partial charge in [0, 0.05) is 31.3 Å². The van der Waals surface area contributed by atoms with E-state index in [2.05, 4.69) is 28.9 Å². The molecular formula is C21H26N2O3S. The zero-order valence-corrected chi connectivity index (χ0v) is 16.7. The third-order valence-corrected chi connectivity index (χ3v) is 5.81. The summed E-state index contributed by atoms with van der Waals surface area (Å²) in [5.41, 5.74) is 1.14. The van der Waals surface area contributed by atoms with Crippen molar-refractivity contribution in [3.63, 3.8) is 0 Å². The van der Waals surface area contributed by atoms with Crippen molar-refractivity contribution in [2.24, 2.45) is 0 Å². The smallest absolute Gasteiger partial charge is 0.254 e. The van der Waals surface area contributed by atoms with Crippen LogP contribution in [0.25, 0.3) is 10.4 Å². The lowest BCUT2D eigenvalue weighted by Gasteiger charge is -2.41. The van der Waals surface area contributed by atoms with Gasteiger partial charge in [0.2, 0.25) is 5.91 Å². The number of nitrogens with one attached hydrogen (secondary N) is 1. The molecule has 0 saturated carbocycles. The normalized spacial score (nSPS) is 19.7. The van der Waals surface area contributed by atoms with Gasteiger partial charge >= 0.3 is 0 Å². The van der Waals surface area contributed by atoms with E-state index in [1.165, 1.54) is 4.88 Å². The molecular weight excluding hydrogens is 360 g/mol. The van der Waals surface area contributed by atoms with E-state index in [1.54, 1.807) is 23.3 Å². The van der Waals surface area contributed by atoms with E-state index in [4.69, 9.17) is 4.74 Å². The van der Waals surface area contributed by atoms with Gasteiger partial charge in [0.05, 0.1) is 13.2 Å². The molecule has 1 saturated heterocycles. The highest BCUT2D eigenvalue weighted by Crippen LogP contribution is 2.28. The predicted octanol–water partition coefficient (Wildman–Crippen LogP) is 3.10. The van der Waals surface area contributed by atoms with Crippen molar-refractivity contribution in [3.8, 4) is 10.4 Å². The van der Waals surface area contributed by atoms with Crippen LogP contribution in [0.15, 0.2) is 41.8 Å². The van der Waals surface area contributed by atoms with E-state index >= 15 is 0 Å². The number of ether oxygens (including phenoxy) is 1. The van der Waals surface area contributed by atoms with Gasteiger partial charge in [0.25, 0.3) is 5.91 Å². The van der Waals surface area contributed by atoms with Crippen LogP contribution < -0.4 is 5.32 Å². The first-order valence-corrected chi connectivity index (χ1v) is 10.2. The molecule has 1 N–H and O–H groups in total. The molecule has 1 atom stereocenters. The van der Waals surface area contributed by atoms with Gasteiger partial charge < -0.3 is 15.0 Å². The van der Waals surface area contributed by atoms with Crippen LogP contribution in [-0.2, 0) is 20.7 Å². The van der Waals surface area contributed by atoms with E-state index in [9.17, 15) is 9.59 Å². The number of carbonyl (C=O) groups is 2. The standard InChI is InChI=1S/C21H26N2O3S/c1-3-5-19(24)23-11-12-26-21(15-23,20(25)22-2)14-16-7-9-17(10-8-16)18-6-4-13-27-18/h4,6-10,13H,3,5,11-12,14-15H2,1-2H3,(H,22,25). The first-order valence-electron chi connectivity index (χ1n) is 9.34. The van der Waals surface area contributed by atoms with Gasteiger partial charge in [-0.15, -0.1) is 11.3 Å². The molecule has 0 radical (unpaired) electrons. The Morgan fingerprint density at radius 2 is 2.04 bits per heavy atom. The zero-order valence-electron chi connectivity index (χ0n) is 15.9. The Hall–Kier alpha value is -2.18. The molecule has 3 rings (SSSR count). The zero-order chi connectivity index (χ0) is 19.3. The second kappa shape index (κ2) is 8.67. The monoisotopic (exact) mass is 386 g/mol. The summed E-state index contributed by atoms with van der Waals surface area (Å²) in [5, 5.41) is 4.78. The van der Waals surface area contributed by atoms with Crippen LogP contribution >= 0.6 is 11.3 Å². The molecule has 2 amide bonds. The number of hydrogen-bond acceptors (Lipinski definition) is 4. The van der Waals surface area contributed by atoms with Crippen molar-refractivity contribution in [2.75, 3.05) is 26.7 Å². The number of carbonyl (C=O) groups excluding carboxylic acids is 2. The quantitative estimate of drug-likeness (QED) is 0.830. The number of morpholine rings is 1. The number of nitrogens with zero attached hydrogens (tertiary/aromatic N) is 1. The van der Waals surface area contributed by atoms with Crippen LogP contribution in [0.1, 0.15) is 25.3 Å². The summed E-state index contributed by atoms with van der Waals surface area (Å²) in [6.45, 7) is 3.18. The lowest BCUT2D eigenvalue weighted by Crippen LogP contribution is -2.61. The van der Waals surface area contributed by atoms with Crippen molar-refractivity contribution in [1.82, 2.24) is 10.2 Å². The molecule has 2 heterocycles. The maximum Gasteiger partial charge on any atom is 0.254 e. The molecule has 0 spiro atoms. The summed E-state index contributed by atoms with van der Waals surface area (Å²) < 4.78 is 5.98. The van der Waals surface area contributed by atoms with Crippen LogP contribution in [0.3, 0.4) is 0 Å². The minimum atomic E-state index is -1.04. The first-order chi connectivity index (χ1) is 13.1. The van der Waals surface area contributed by atoms with Crippen LogP contribution in [0.4, 0.5) is 0 Å². The number of thiophene rings is 1. The predicted molar refractivity (Wildman–Crippen MR) is 108 cm³/mol. The molecule has 0 bridgehead atoms. The van der Waals surface area contributed by atoms with Crippen molar-refractivity contribution >= 4 is 23.2 Å². The fourth-order valence-corrected chi connectivity index (χ4v) is 4.21. The van der Waals surface area contributed by atoms with Gasteiger partial charge in [0.1, 0.15) is 0 Å². The molecule has 1 aliphatic rings. The Morgan fingerprint density at radius 3 is 2.67 bits per heavy atom. The molecule has 1 aromatic heterocycles. The third kappa shape index (κ3) is 4.39. The Balaban J connectivity index is 1.80. The second-order valence-electron chi connectivity index (χ2n) is 6.84. The van der Waals surface area contributed by atoms with Gasteiger partial charge in [-0.2, -0.15) is 0 Å². The molecule has 144 valence electrons. The van der Waals surface area contributed by atoms with Crippen molar-refractivity contribution in [2.45, 2.75) is 31.8 Å². The maximum absolute atomic E-state index is 12.7. The van der Waals surface area contributed by atoms with Crippen LogP contribution in [0.2, 0.25) is 0 Å². The average Bonchev–Trinajstić information content (AvgIpc) is 3.23. The number of likely N-dealkylation sites (N-methyl/N-ethyl adjacent to an activating group) is 1. The molecule has 6 heteroatoms. The van der Waals surface area contributed by atoms with E-state index in [1.807, 2.05) is 25.1 Å². The molecule has 2 aromatic rings. The molecule has 1 aliphatic heterocycles. The van der Waals surface area contributed by atoms with Crippen LogP contribution in [0.5, 0.6) is 0 Å². The SMILES string of the molecule is CCCC(=O)N1CCOC(Cc2ccc(-c3cccs3)cc2)(C(=O)NC)C1. The Bertz CT molecular complexity index is 773. The van der Waals surface area contributed by atoms with Gasteiger partial charge in [-0.05, 0) is 29.0 Å². The third-order valence-electron chi connectivity index (χ3n) is 4.89. The number of amides is 2. The van der Waals surface area contributed by atoms with E-state index in [-0.39, 0.29) is 18.4 Å². The lowest BCUT2D eigenvalue weighted by molar-refractivity contribution is -0.165. The molecule has 1 unspecified atom stereocenters. The summed E-state index contributed by atoms with van der Waals surface area (Å²) in [6.07, 6.45) is 1.74. The largest absolute Gasteiger partial charge is 0.361 e. The first kappa shape index (κ1) is 19.6. The summed E-state index contributed by atoms with van der Waals surface area (Å²) in [6, 6.07) is 12.3. The fraction of sp³-hybridized carbons (Fsp3) is 0.429. The van der Waals surface area contributed by atoms with E-state index in [0.717, 1.165) is 17.5 Å². The van der Waals surface area contributed by atoms with Gasteiger partial charge in [-0.25, -0.2) is 0 Å². The average molecular weight is 387 g/mol. The second-order valence-corrected chi connectivity index (χ2v) is 7.79. The minimum Gasteiger partial charge on any atom is -0.361 e. The van der Waals surface area contributed by atoms with Crippen LogP contribution in [0, 0.1) is 0 Å². The Morgan fingerprint density at radius 1 is 1.26 bits per heavy atom. The highest BCUT2D eigenvalue weighted by Gasteiger charge is 2.44. The summed E-state index contributed by atoms with van der Waals surface area (Å²) >= 11 is 1.70. The summed E-state index contributed by atoms with van der Waals surface area (Å²) in [4.78, 5) is 28.0. The number of rotatable bonds is 6. The molecule has 1 aromatic carbocycles. The Labute approximate surface area is 164 Å². The highest BCUT2D eigenvalue weighted by molar-refractivity contribution is 7.13.